The molecule has 0 amide bonds. The topological polar surface area (TPSA) is 26.3 Å². The van der Waals surface area contributed by atoms with Gasteiger partial charge in [0.05, 0.1) is 0 Å². The van der Waals surface area contributed by atoms with Gasteiger partial charge >= 0.3 is 5.97 Å². The van der Waals surface area contributed by atoms with E-state index >= 15 is 0 Å². The molecule has 0 aromatic carbocycles. The van der Waals surface area contributed by atoms with Crippen molar-refractivity contribution in [1.82, 2.24) is 0 Å². The highest BCUT2D eigenvalue weighted by Gasteiger charge is 2.82. The molecule has 5 aliphatic rings. The van der Waals surface area contributed by atoms with Crippen LogP contribution in [-0.2, 0) is 9.53 Å². The summed E-state index contributed by atoms with van der Waals surface area (Å²) in [5, 5.41) is 0. The molecule has 0 N–H and O–H groups in total. The third-order valence-electron chi connectivity index (χ3n) is 13.3. The van der Waals surface area contributed by atoms with Gasteiger partial charge in [-0.2, -0.15) is 0 Å². The Morgan fingerprint density at radius 3 is 2.24 bits per heavy atom. The number of carbonyl (C=O) groups excluding carboxylic acids is 1. The first kappa shape index (κ1) is 24.9. The zero-order valence-electron chi connectivity index (χ0n) is 23.6. The first-order valence-electron chi connectivity index (χ1n) is 14.6. The lowest BCUT2D eigenvalue weighted by Gasteiger charge is -2.63. The van der Waals surface area contributed by atoms with Gasteiger partial charge in [0.15, 0.2) is 0 Å². The molecule has 0 bridgehead atoms. The zero-order valence-corrected chi connectivity index (χ0v) is 23.6. The van der Waals surface area contributed by atoms with E-state index in [1.165, 1.54) is 69.8 Å². The molecule has 5 aliphatic carbocycles. The van der Waals surface area contributed by atoms with Gasteiger partial charge in [0.1, 0.15) is 6.10 Å². The highest BCUT2D eigenvalue weighted by atomic mass is 16.5. The fourth-order valence-corrected chi connectivity index (χ4v) is 11.5. The van der Waals surface area contributed by atoms with Crippen molar-refractivity contribution in [1.29, 1.82) is 0 Å². The number of rotatable bonds is 5. The molecule has 2 nitrogen and oxygen atoms in total. The highest BCUT2D eigenvalue weighted by Crippen LogP contribution is 2.89. The molecular weight excluding hydrogens is 416 g/mol. The fraction of sp³-hybridized carbons (Fsp3) is 0.906. The number of hydrogen-bond acceptors (Lipinski definition) is 2. The van der Waals surface area contributed by atoms with Gasteiger partial charge in [0.2, 0.25) is 0 Å². The van der Waals surface area contributed by atoms with Crippen molar-refractivity contribution >= 4 is 5.97 Å². The summed E-state index contributed by atoms with van der Waals surface area (Å²) >= 11 is 0. The molecule has 0 heterocycles. The summed E-state index contributed by atoms with van der Waals surface area (Å²) in [5.41, 5.74) is 3.71. The average Bonchev–Trinajstić information content (AvgIpc) is 3.32. The smallest absolute Gasteiger partial charge is 0.302 e. The number of esters is 1. The second-order valence-corrected chi connectivity index (χ2v) is 14.9. The van der Waals surface area contributed by atoms with Crippen LogP contribution >= 0.6 is 0 Å². The molecule has 2 heteroatoms. The molecule has 0 aliphatic heterocycles. The maximum Gasteiger partial charge on any atom is 0.302 e. The number of hydrogen-bond donors (Lipinski definition) is 0. The van der Waals surface area contributed by atoms with Crippen LogP contribution in [0.3, 0.4) is 0 Å². The van der Waals surface area contributed by atoms with E-state index in [4.69, 9.17) is 4.74 Å². The van der Waals surface area contributed by atoms with E-state index in [1.807, 2.05) is 0 Å². The van der Waals surface area contributed by atoms with Gasteiger partial charge in [-0.05, 0) is 130 Å². The monoisotopic (exact) mass is 468 g/mol. The maximum absolute atomic E-state index is 11.8. The van der Waals surface area contributed by atoms with Crippen molar-refractivity contribution in [3.8, 4) is 0 Å². The summed E-state index contributed by atoms with van der Waals surface area (Å²) in [7, 11) is 0. The first-order valence-corrected chi connectivity index (χ1v) is 14.6. The van der Waals surface area contributed by atoms with Crippen molar-refractivity contribution < 1.29 is 9.53 Å². The summed E-state index contributed by atoms with van der Waals surface area (Å²) in [6, 6.07) is 0. The third kappa shape index (κ3) is 3.14. The molecule has 0 unspecified atom stereocenters. The Labute approximate surface area is 210 Å². The van der Waals surface area contributed by atoms with Crippen molar-refractivity contribution in [2.75, 3.05) is 0 Å². The van der Waals surface area contributed by atoms with Gasteiger partial charge in [-0.1, -0.05) is 46.3 Å². The van der Waals surface area contributed by atoms with Crippen LogP contribution in [0.4, 0.5) is 0 Å². The lowest BCUT2D eigenvalue weighted by atomic mass is 9.41. The largest absolute Gasteiger partial charge is 0.462 e. The standard InChI is InChI=1S/C32H52O2/c1-21(2)10-9-11-22(3)24-14-16-30(8)26-13-12-25-28(5,6)27(34-23(4)33)15-17-31(25)20-32(26,31)19-18-29(24,30)7/h10,22,24-27H,9,11-20H2,1-8H3/t22-,24-,25+,26-,27+,29-,30+,31-,32+/m1/s1. The summed E-state index contributed by atoms with van der Waals surface area (Å²) in [6.07, 6.45) is 17.6. The van der Waals surface area contributed by atoms with Gasteiger partial charge < -0.3 is 4.74 Å². The van der Waals surface area contributed by atoms with E-state index in [2.05, 4.69) is 54.5 Å². The molecule has 2 spiro atoms. The SMILES string of the molecule is CC(=O)O[C@H]1CC[C@]23C[C@]24CC[C@]2(C)[C@@H]([C@H](C)CCC=C(C)C)CC[C@@]2(C)[C@H]4CC[C@H]3C1(C)C. The molecular formula is C32H52O2. The molecule has 0 aromatic heterocycles. The minimum atomic E-state index is -0.0927. The van der Waals surface area contributed by atoms with Crippen LogP contribution in [-0.4, -0.2) is 12.1 Å². The van der Waals surface area contributed by atoms with Crippen LogP contribution in [0.2, 0.25) is 0 Å². The highest BCUT2D eigenvalue weighted by molar-refractivity contribution is 5.66. The molecule has 34 heavy (non-hydrogen) atoms. The van der Waals surface area contributed by atoms with Gasteiger partial charge in [-0.25, -0.2) is 0 Å². The number of ether oxygens (including phenoxy) is 1. The second kappa shape index (κ2) is 7.85. The van der Waals surface area contributed by atoms with Gasteiger partial charge in [0.25, 0.3) is 0 Å². The predicted octanol–water partition coefficient (Wildman–Crippen LogP) is 8.74. The van der Waals surface area contributed by atoms with Crippen molar-refractivity contribution in [3.63, 3.8) is 0 Å². The Kier molecular flexibility index (Phi) is 5.75. The van der Waals surface area contributed by atoms with Crippen molar-refractivity contribution in [2.24, 2.45) is 50.7 Å². The number of carbonyl (C=O) groups is 1. The molecule has 0 radical (unpaired) electrons. The average molecular weight is 469 g/mol. The third-order valence-corrected chi connectivity index (χ3v) is 13.3. The van der Waals surface area contributed by atoms with Crippen LogP contribution in [0.1, 0.15) is 126 Å². The zero-order chi connectivity index (χ0) is 24.7. The fourth-order valence-electron chi connectivity index (χ4n) is 11.5. The molecule has 0 aromatic rings. The van der Waals surface area contributed by atoms with Crippen molar-refractivity contribution in [2.45, 2.75) is 132 Å². The molecule has 5 rings (SSSR count). The van der Waals surface area contributed by atoms with Gasteiger partial charge in [-0.3, -0.25) is 4.79 Å². The van der Waals surface area contributed by atoms with Crippen molar-refractivity contribution in [3.05, 3.63) is 11.6 Å². The van der Waals surface area contributed by atoms with Gasteiger partial charge in [0, 0.05) is 12.3 Å². The van der Waals surface area contributed by atoms with E-state index in [0.29, 0.717) is 21.7 Å². The lowest BCUT2D eigenvalue weighted by Crippen LogP contribution is -2.58. The van der Waals surface area contributed by atoms with Crippen LogP contribution < -0.4 is 0 Å². The van der Waals surface area contributed by atoms with Crippen LogP contribution in [0.5, 0.6) is 0 Å². The predicted molar refractivity (Wildman–Crippen MR) is 140 cm³/mol. The summed E-state index contributed by atoms with van der Waals surface area (Å²) in [6.45, 7) is 18.9. The second-order valence-electron chi connectivity index (χ2n) is 14.9. The Morgan fingerprint density at radius 1 is 0.882 bits per heavy atom. The molecule has 0 saturated heterocycles. The molecule has 5 saturated carbocycles. The summed E-state index contributed by atoms with van der Waals surface area (Å²) in [5.74, 6) is 3.27. The first-order chi connectivity index (χ1) is 15.8. The Morgan fingerprint density at radius 2 is 1.56 bits per heavy atom. The maximum atomic E-state index is 11.8. The molecule has 9 atom stereocenters. The lowest BCUT2D eigenvalue weighted by molar-refractivity contribution is -0.181. The minimum Gasteiger partial charge on any atom is -0.462 e. The van der Waals surface area contributed by atoms with E-state index in [1.54, 1.807) is 6.92 Å². The summed E-state index contributed by atoms with van der Waals surface area (Å²) in [4.78, 5) is 11.8. The summed E-state index contributed by atoms with van der Waals surface area (Å²) < 4.78 is 5.90. The van der Waals surface area contributed by atoms with Crippen LogP contribution in [0.25, 0.3) is 0 Å². The van der Waals surface area contributed by atoms with E-state index in [9.17, 15) is 4.79 Å². The Balaban J connectivity index is 1.39. The number of fused-ring (bicyclic) bond motifs is 2. The molecule has 192 valence electrons. The van der Waals surface area contributed by atoms with Gasteiger partial charge in [-0.15, -0.1) is 0 Å². The normalized spacial score (nSPS) is 49.1. The molecule has 5 fully saturated rings. The van der Waals surface area contributed by atoms with E-state index in [0.717, 1.165) is 30.1 Å². The van der Waals surface area contributed by atoms with E-state index in [-0.39, 0.29) is 17.5 Å². The Hall–Kier alpha value is -0.790. The van der Waals surface area contributed by atoms with Crippen LogP contribution in [0, 0.1) is 50.7 Å². The number of allylic oxidation sites excluding steroid dienone is 2. The minimum absolute atomic E-state index is 0.0927. The quantitative estimate of drug-likeness (QED) is 0.298. The van der Waals surface area contributed by atoms with Crippen LogP contribution in [0.15, 0.2) is 11.6 Å². The Bertz CT molecular complexity index is 866. The van der Waals surface area contributed by atoms with E-state index < -0.39 is 0 Å².